The van der Waals surface area contributed by atoms with E-state index in [1.807, 2.05) is 0 Å². The Balaban J connectivity index is 1.06. The standard InChI is InChI=1S/C51H40N2/c1-51(2)47-35-34-44-45(24-15-25-49(44)53(41-20-11-5-12-21-41)42-22-13-6-14-23-42)50(47)46-33-30-38(36-48(46)51)27-26-37-28-31-43(32-29-37)52(39-16-7-3-8-17-39)40-18-9-4-10-19-40/h3-36H,1-2H3/b27-26+. The molecule has 0 fully saturated rings. The van der Waals surface area contributed by atoms with E-state index in [-0.39, 0.29) is 5.41 Å². The second-order valence-electron chi connectivity index (χ2n) is 14.2. The molecular formula is C51H40N2. The van der Waals surface area contributed by atoms with Crippen molar-refractivity contribution in [2.75, 3.05) is 9.80 Å². The Bertz CT molecular complexity index is 2480. The van der Waals surface area contributed by atoms with Gasteiger partial charge in [-0.2, -0.15) is 0 Å². The summed E-state index contributed by atoms with van der Waals surface area (Å²) in [4.78, 5) is 4.66. The second kappa shape index (κ2) is 13.5. The van der Waals surface area contributed by atoms with Gasteiger partial charge in [-0.25, -0.2) is 0 Å². The average molecular weight is 681 g/mol. The van der Waals surface area contributed by atoms with E-state index in [2.05, 4.69) is 230 Å². The molecule has 53 heavy (non-hydrogen) atoms. The van der Waals surface area contributed by atoms with Crippen molar-refractivity contribution in [3.05, 3.63) is 216 Å². The van der Waals surface area contributed by atoms with Crippen molar-refractivity contribution in [2.45, 2.75) is 19.3 Å². The third-order valence-corrected chi connectivity index (χ3v) is 10.6. The molecule has 0 aliphatic heterocycles. The van der Waals surface area contributed by atoms with E-state index >= 15 is 0 Å². The largest absolute Gasteiger partial charge is 0.311 e. The van der Waals surface area contributed by atoms with Crippen molar-refractivity contribution in [1.29, 1.82) is 0 Å². The number of benzene rings is 8. The summed E-state index contributed by atoms with van der Waals surface area (Å²) in [5.74, 6) is 0. The van der Waals surface area contributed by atoms with Gasteiger partial charge >= 0.3 is 0 Å². The number of nitrogens with zero attached hydrogens (tertiary/aromatic N) is 2. The fourth-order valence-corrected chi connectivity index (χ4v) is 8.00. The van der Waals surface area contributed by atoms with Crippen LogP contribution in [0.2, 0.25) is 0 Å². The minimum atomic E-state index is -0.128. The van der Waals surface area contributed by atoms with Gasteiger partial charge in [0.2, 0.25) is 0 Å². The maximum Gasteiger partial charge on any atom is 0.0540 e. The molecule has 0 amide bonds. The summed E-state index contributed by atoms with van der Waals surface area (Å²) >= 11 is 0. The number of hydrogen-bond donors (Lipinski definition) is 0. The Labute approximate surface area is 312 Å². The van der Waals surface area contributed by atoms with Crippen LogP contribution in [0.5, 0.6) is 0 Å². The molecule has 254 valence electrons. The third-order valence-electron chi connectivity index (χ3n) is 10.6. The van der Waals surface area contributed by atoms with Gasteiger partial charge in [-0.1, -0.05) is 153 Å². The molecule has 8 aromatic rings. The van der Waals surface area contributed by atoms with Gasteiger partial charge in [-0.3, -0.25) is 0 Å². The smallest absolute Gasteiger partial charge is 0.0540 e. The predicted molar refractivity (Wildman–Crippen MR) is 226 cm³/mol. The Morgan fingerprint density at radius 2 is 0.868 bits per heavy atom. The highest BCUT2D eigenvalue weighted by atomic mass is 15.1. The highest BCUT2D eigenvalue weighted by Crippen LogP contribution is 2.53. The van der Waals surface area contributed by atoms with Crippen molar-refractivity contribution in [1.82, 2.24) is 0 Å². The van der Waals surface area contributed by atoms with Crippen LogP contribution in [0, 0.1) is 0 Å². The number of rotatable bonds is 8. The van der Waals surface area contributed by atoms with Crippen LogP contribution in [0.15, 0.2) is 194 Å². The maximum absolute atomic E-state index is 2.39. The topological polar surface area (TPSA) is 6.48 Å². The van der Waals surface area contributed by atoms with Crippen LogP contribution >= 0.6 is 0 Å². The summed E-state index contributed by atoms with van der Waals surface area (Å²) in [6.07, 6.45) is 4.47. The molecule has 0 atom stereocenters. The molecule has 1 aliphatic rings. The van der Waals surface area contributed by atoms with Crippen LogP contribution in [-0.4, -0.2) is 0 Å². The van der Waals surface area contributed by atoms with E-state index in [1.165, 1.54) is 44.3 Å². The van der Waals surface area contributed by atoms with Crippen LogP contribution in [0.25, 0.3) is 34.1 Å². The molecule has 0 spiro atoms. The summed E-state index contributed by atoms with van der Waals surface area (Å²) in [6, 6.07) is 69.7. The van der Waals surface area contributed by atoms with Crippen LogP contribution in [0.3, 0.4) is 0 Å². The van der Waals surface area contributed by atoms with E-state index in [4.69, 9.17) is 0 Å². The molecule has 9 rings (SSSR count). The van der Waals surface area contributed by atoms with Crippen LogP contribution in [0.1, 0.15) is 36.1 Å². The molecule has 0 radical (unpaired) electrons. The first-order chi connectivity index (χ1) is 26.1. The number of anilines is 6. The van der Waals surface area contributed by atoms with Crippen LogP contribution in [-0.2, 0) is 5.41 Å². The van der Waals surface area contributed by atoms with Crippen LogP contribution < -0.4 is 9.80 Å². The SMILES string of the molecule is CC1(C)c2cc(/C=C/c3ccc(N(c4ccccc4)c4ccccc4)cc3)ccc2-c2c1ccc1c(N(c3ccccc3)c3ccccc3)cccc21. The van der Waals surface area contributed by atoms with Gasteiger partial charge in [0.05, 0.1) is 5.69 Å². The molecule has 2 nitrogen and oxygen atoms in total. The normalized spacial score (nSPS) is 12.8. The fraction of sp³-hybridized carbons (Fsp3) is 0.0588. The lowest BCUT2D eigenvalue weighted by Crippen LogP contribution is -2.15. The van der Waals surface area contributed by atoms with Gasteiger partial charge in [0.15, 0.2) is 0 Å². The minimum absolute atomic E-state index is 0.128. The molecule has 8 aromatic carbocycles. The van der Waals surface area contributed by atoms with Crippen molar-refractivity contribution in [2.24, 2.45) is 0 Å². The lowest BCUT2D eigenvalue weighted by molar-refractivity contribution is 0.660. The number of para-hydroxylation sites is 4. The van der Waals surface area contributed by atoms with Crippen molar-refractivity contribution >= 4 is 57.0 Å². The summed E-state index contributed by atoms with van der Waals surface area (Å²) in [6.45, 7) is 4.73. The Hall–Kier alpha value is -6.64. The van der Waals surface area contributed by atoms with Gasteiger partial charge in [0.25, 0.3) is 0 Å². The summed E-state index contributed by atoms with van der Waals surface area (Å²) in [5, 5.41) is 2.53. The molecule has 0 heterocycles. The first-order valence-electron chi connectivity index (χ1n) is 18.4. The zero-order valence-electron chi connectivity index (χ0n) is 30.0. The third kappa shape index (κ3) is 5.89. The number of fused-ring (bicyclic) bond motifs is 5. The Morgan fingerprint density at radius 1 is 0.377 bits per heavy atom. The average Bonchev–Trinajstić information content (AvgIpc) is 3.45. The quantitative estimate of drug-likeness (QED) is 0.147. The first-order valence-corrected chi connectivity index (χ1v) is 18.4. The fourth-order valence-electron chi connectivity index (χ4n) is 8.00. The van der Waals surface area contributed by atoms with Gasteiger partial charge in [0, 0.05) is 39.2 Å². The molecule has 2 heteroatoms. The van der Waals surface area contributed by atoms with E-state index in [9.17, 15) is 0 Å². The lowest BCUT2D eigenvalue weighted by atomic mass is 9.81. The summed E-state index contributed by atoms with van der Waals surface area (Å²) in [7, 11) is 0. The molecule has 0 N–H and O–H groups in total. The number of hydrogen-bond acceptors (Lipinski definition) is 2. The highest BCUT2D eigenvalue weighted by Gasteiger charge is 2.36. The second-order valence-corrected chi connectivity index (χ2v) is 14.2. The minimum Gasteiger partial charge on any atom is -0.311 e. The maximum atomic E-state index is 2.39. The van der Waals surface area contributed by atoms with Crippen molar-refractivity contribution in [3.8, 4) is 11.1 Å². The Morgan fingerprint density at radius 3 is 1.43 bits per heavy atom. The van der Waals surface area contributed by atoms with Crippen LogP contribution in [0.4, 0.5) is 34.1 Å². The van der Waals surface area contributed by atoms with E-state index in [0.717, 1.165) is 34.0 Å². The molecule has 0 aromatic heterocycles. The van der Waals surface area contributed by atoms with Crippen molar-refractivity contribution < 1.29 is 0 Å². The summed E-state index contributed by atoms with van der Waals surface area (Å²) in [5.41, 5.74) is 14.5. The zero-order valence-corrected chi connectivity index (χ0v) is 30.0. The molecule has 0 bridgehead atoms. The Kier molecular flexibility index (Phi) is 8.21. The molecule has 1 aliphatic carbocycles. The van der Waals surface area contributed by atoms with E-state index < -0.39 is 0 Å². The summed E-state index contributed by atoms with van der Waals surface area (Å²) < 4.78 is 0. The monoisotopic (exact) mass is 680 g/mol. The van der Waals surface area contributed by atoms with Crippen molar-refractivity contribution in [3.63, 3.8) is 0 Å². The van der Waals surface area contributed by atoms with E-state index in [0.29, 0.717) is 0 Å². The lowest BCUT2D eigenvalue weighted by Gasteiger charge is -2.27. The van der Waals surface area contributed by atoms with Gasteiger partial charge in [-0.05, 0) is 105 Å². The predicted octanol–water partition coefficient (Wildman–Crippen LogP) is 14.3. The van der Waals surface area contributed by atoms with E-state index in [1.54, 1.807) is 0 Å². The first kappa shape index (κ1) is 32.3. The highest BCUT2D eigenvalue weighted by molar-refractivity contribution is 6.09. The van der Waals surface area contributed by atoms with Gasteiger partial charge in [-0.15, -0.1) is 0 Å². The molecule has 0 unspecified atom stereocenters. The molecular weight excluding hydrogens is 641 g/mol. The molecule has 0 saturated heterocycles. The van der Waals surface area contributed by atoms with Gasteiger partial charge in [0.1, 0.15) is 0 Å². The zero-order chi connectivity index (χ0) is 35.8. The van der Waals surface area contributed by atoms with Gasteiger partial charge < -0.3 is 9.80 Å². The molecule has 0 saturated carbocycles.